The van der Waals surface area contributed by atoms with Crippen LogP contribution in [0.5, 0.6) is 0 Å². The first kappa shape index (κ1) is 11.9. The highest BCUT2D eigenvalue weighted by Crippen LogP contribution is 2.29. The number of nitrogens with one attached hydrogen (secondary N) is 1. The molecule has 0 bridgehead atoms. The second kappa shape index (κ2) is 6.24. The van der Waals surface area contributed by atoms with E-state index in [2.05, 4.69) is 5.32 Å². The molecule has 1 atom stereocenters. The van der Waals surface area contributed by atoms with Crippen molar-refractivity contribution in [3.05, 3.63) is 0 Å². The fourth-order valence-corrected chi connectivity index (χ4v) is 2.44. The maximum Gasteiger partial charge on any atom is 0.323 e. The molecule has 0 amide bonds. The topological polar surface area (TPSA) is 38.3 Å². The molecule has 0 aromatic rings. The van der Waals surface area contributed by atoms with E-state index < -0.39 is 0 Å². The van der Waals surface area contributed by atoms with Crippen molar-refractivity contribution in [2.75, 3.05) is 13.2 Å². The first-order chi connectivity index (χ1) is 7.86. The molecule has 1 saturated heterocycles. The average molecular weight is 225 g/mol. The van der Waals surface area contributed by atoms with Gasteiger partial charge in [0.25, 0.3) is 0 Å². The smallest absolute Gasteiger partial charge is 0.323 e. The van der Waals surface area contributed by atoms with Crippen LogP contribution < -0.4 is 5.32 Å². The van der Waals surface area contributed by atoms with E-state index >= 15 is 0 Å². The van der Waals surface area contributed by atoms with Crippen molar-refractivity contribution in [3.8, 4) is 0 Å². The molecule has 0 radical (unpaired) electrons. The summed E-state index contributed by atoms with van der Waals surface area (Å²) in [5.41, 5.74) is 0. The lowest BCUT2D eigenvalue weighted by Gasteiger charge is -2.25. The van der Waals surface area contributed by atoms with Crippen molar-refractivity contribution in [1.82, 2.24) is 5.32 Å². The first-order valence-electron chi connectivity index (χ1n) is 6.76. The predicted molar refractivity (Wildman–Crippen MR) is 63.2 cm³/mol. The molecular formula is C13H23NO2. The van der Waals surface area contributed by atoms with Crippen LogP contribution in [0.25, 0.3) is 0 Å². The van der Waals surface area contributed by atoms with Gasteiger partial charge in [-0.05, 0) is 31.7 Å². The molecule has 3 heteroatoms. The average Bonchev–Trinajstić information content (AvgIpc) is 2.49. The van der Waals surface area contributed by atoms with E-state index in [4.69, 9.17) is 4.74 Å². The van der Waals surface area contributed by atoms with Gasteiger partial charge >= 0.3 is 5.97 Å². The molecule has 16 heavy (non-hydrogen) atoms. The number of hydrogen-bond donors (Lipinski definition) is 1. The summed E-state index contributed by atoms with van der Waals surface area (Å²) in [6, 6.07) is -0.0381. The van der Waals surface area contributed by atoms with E-state index in [1.54, 1.807) is 0 Å². The minimum absolute atomic E-state index is 0.0266. The van der Waals surface area contributed by atoms with Gasteiger partial charge in [0.05, 0.1) is 6.61 Å². The van der Waals surface area contributed by atoms with Crippen LogP contribution in [0.15, 0.2) is 0 Å². The van der Waals surface area contributed by atoms with Crippen LogP contribution in [0.3, 0.4) is 0 Å². The summed E-state index contributed by atoms with van der Waals surface area (Å²) in [6.07, 6.45) is 9.61. The van der Waals surface area contributed by atoms with Gasteiger partial charge in [0.1, 0.15) is 6.04 Å². The predicted octanol–water partition coefficient (Wildman–Crippen LogP) is 2.25. The lowest BCUT2D eigenvalue weighted by molar-refractivity contribution is -0.146. The lowest BCUT2D eigenvalue weighted by atomic mass is 9.83. The molecule has 2 rings (SSSR count). The van der Waals surface area contributed by atoms with Gasteiger partial charge in [0, 0.05) is 0 Å². The fourth-order valence-electron chi connectivity index (χ4n) is 2.44. The highest BCUT2D eigenvalue weighted by molar-refractivity contribution is 5.75. The molecule has 0 aromatic carbocycles. The molecule has 0 spiro atoms. The maximum absolute atomic E-state index is 11.8. The van der Waals surface area contributed by atoms with Crippen molar-refractivity contribution in [2.45, 2.75) is 57.4 Å². The second-order valence-electron chi connectivity index (χ2n) is 5.11. The first-order valence-corrected chi connectivity index (χ1v) is 6.76. The number of hydrogen-bond acceptors (Lipinski definition) is 3. The van der Waals surface area contributed by atoms with E-state index in [9.17, 15) is 4.79 Å². The SMILES string of the molecule is O=C(OCCC1CCC1)C1CCCCCN1. The third kappa shape index (κ3) is 3.48. The van der Waals surface area contributed by atoms with Crippen LogP contribution in [0.1, 0.15) is 51.4 Å². The van der Waals surface area contributed by atoms with Crippen LogP contribution >= 0.6 is 0 Å². The molecule has 2 fully saturated rings. The van der Waals surface area contributed by atoms with E-state index in [-0.39, 0.29) is 12.0 Å². The van der Waals surface area contributed by atoms with Crippen LogP contribution in [0, 0.1) is 5.92 Å². The molecule has 1 saturated carbocycles. The van der Waals surface area contributed by atoms with Gasteiger partial charge in [-0.25, -0.2) is 0 Å². The number of ether oxygens (including phenoxy) is 1. The summed E-state index contributed by atoms with van der Waals surface area (Å²) in [4.78, 5) is 11.8. The number of carbonyl (C=O) groups excluding carboxylic acids is 1. The second-order valence-corrected chi connectivity index (χ2v) is 5.11. The van der Waals surface area contributed by atoms with Gasteiger partial charge < -0.3 is 10.1 Å². The number of esters is 1. The Morgan fingerprint density at radius 1 is 1.12 bits per heavy atom. The van der Waals surface area contributed by atoms with E-state index in [1.165, 1.54) is 32.1 Å². The van der Waals surface area contributed by atoms with Gasteiger partial charge in [0.15, 0.2) is 0 Å². The Morgan fingerprint density at radius 3 is 2.75 bits per heavy atom. The molecule has 0 aromatic heterocycles. The van der Waals surface area contributed by atoms with Crippen LogP contribution in [-0.2, 0) is 9.53 Å². The van der Waals surface area contributed by atoms with Crippen LogP contribution in [-0.4, -0.2) is 25.2 Å². The van der Waals surface area contributed by atoms with Crippen LogP contribution in [0.2, 0.25) is 0 Å². The Bertz CT molecular complexity index is 218. The molecule has 1 aliphatic carbocycles. The minimum atomic E-state index is -0.0381. The molecule has 1 aliphatic heterocycles. The summed E-state index contributed by atoms with van der Waals surface area (Å²) < 4.78 is 5.34. The maximum atomic E-state index is 11.8. The van der Waals surface area contributed by atoms with Gasteiger partial charge in [0.2, 0.25) is 0 Å². The summed E-state index contributed by atoms with van der Waals surface area (Å²) >= 11 is 0. The summed E-state index contributed by atoms with van der Waals surface area (Å²) in [6.45, 7) is 1.59. The minimum Gasteiger partial charge on any atom is -0.465 e. The van der Waals surface area contributed by atoms with Crippen molar-refractivity contribution < 1.29 is 9.53 Å². The molecular weight excluding hydrogens is 202 g/mol. The molecule has 1 heterocycles. The monoisotopic (exact) mass is 225 g/mol. The molecule has 92 valence electrons. The van der Waals surface area contributed by atoms with Crippen molar-refractivity contribution in [1.29, 1.82) is 0 Å². The fraction of sp³-hybridized carbons (Fsp3) is 0.923. The normalized spacial score (nSPS) is 26.9. The molecule has 2 aliphatic rings. The Morgan fingerprint density at radius 2 is 2.00 bits per heavy atom. The Labute approximate surface area is 97.9 Å². The summed E-state index contributed by atoms with van der Waals surface area (Å²) in [7, 11) is 0. The van der Waals surface area contributed by atoms with E-state index in [1.807, 2.05) is 0 Å². The Hall–Kier alpha value is -0.570. The van der Waals surface area contributed by atoms with Crippen molar-refractivity contribution in [3.63, 3.8) is 0 Å². The van der Waals surface area contributed by atoms with Gasteiger partial charge in [-0.1, -0.05) is 32.1 Å². The standard InChI is InChI=1S/C13H23NO2/c15-13(12-7-2-1-3-9-14-12)16-10-8-11-5-4-6-11/h11-12,14H,1-10H2. The van der Waals surface area contributed by atoms with Gasteiger partial charge in [-0.2, -0.15) is 0 Å². The largest absolute Gasteiger partial charge is 0.465 e. The van der Waals surface area contributed by atoms with Crippen molar-refractivity contribution in [2.24, 2.45) is 5.92 Å². The van der Waals surface area contributed by atoms with E-state index in [0.29, 0.717) is 6.61 Å². The highest BCUT2D eigenvalue weighted by atomic mass is 16.5. The van der Waals surface area contributed by atoms with Crippen LogP contribution in [0.4, 0.5) is 0 Å². The highest BCUT2D eigenvalue weighted by Gasteiger charge is 2.22. The van der Waals surface area contributed by atoms with E-state index in [0.717, 1.165) is 31.7 Å². The quantitative estimate of drug-likeness (QED) is 0.746. The molecule has 3 nitrogen and oxygen atoms in total. The third-order valence-electron chi connectivity index (χ3n) is 3.84. The zero-order chi connectivity index (χ0) is 11.2. The van der Waals surface area contributed by atoms with Gasteiger partial charge in [-0.3, -0.25) is 4.79 Å². The number of carbonyl (C=O) groups is 1. The zero-order valence-corrected chi connectivity index (χ0v) is 10.0. The van der Waals surface area contributed by atoms with Crippen molar-refractivity contribution >= 4 is 5.97 Å². The molecule has 1 unspecified atom stereocenters. The summed E-state index contributed by atoms with van der Waals surface area (Å²) in [5, 5.41) is 3.27. The Kier molecular flexibility index (Phi) is 4.64. The zero-order valence-electron chi connectivity index (χ0n) is 10.0. The number of rotatable bonds is 4. The third-order valence-corrected chi connectivity index (χ3v) is 3.84. The van der Waals surface area contributed by atoms with Gasteiger partial charge in [-0.15, -0.1) is 0 Å². The lowest BCUT2D eigenvalue weighted by Crippen LogP contribution is -2.37. The summed E-state index contributed by atoms with van der Waals surface area (Å²) in [5.74, 6) is 0.802. The molecule has 1 N–H and O–H groups in total. The Balaban J connectivity index is 1.61.